The van der Waals surface area contributed by atoms with Gasteiger partial charge in [-0.15, -0.1) is 0 Å². The predicted molar refractivity (Wildman–Crippen MR) is 195 cm³/mol. The van der Waals surface area contributed by atoms with Crippen LogP contribution in [0.15, 0.2) is 158 Å². The second-order valence-electron chi connectivity index (χ2n) is 12.5. The third kappa shape index (κ3) is 2.96. The van der Waals surface area contributed by atoms with Gasteiger partial charge in [0.1, 0.15) is 0 Å². The van der Waals surface area contributed by atoms with Crippen molar-refractivity contribution in [1.29, 1.82) is 0 Å². The summed E-state index contributed by atoms with van der Waals surface area (Å²) in [5.74, 6) is 0. The van der Waals surface area contributed by atoms with Crippen molar-refractivity contribution in [3.63, 3.8) is 0 Å². The first-order valence-electron chi connectivity index (χ1n) is 16.0. The Morgan fingerprint density at radius 2 is 1.00 bits per heavy atom. The summed E-state index contributed by atoms with van der Waals surface area (Å²) in [6, 6.07) is 58.1. The monoisotopic (exact) mass is 582 g/mol. The average Bonchev–Trinajstić information content (AvgIpc) is 3.76. The Hall–Kier alpha value is -6.12. The Morgan fingerprint density at radius 1 is 0.326 bits per heavy atom. The van der Waals surface area contributed by atoms with E-state index in [1.165, 1.54) is 98.8 Å². The molecule has 2 nitrogen and oxygen atoms in total. The van der Waals surface area contributed by atoms with Gasteiger partial charge in [0, 0.05) is 32.8 Å². The quantitative estimate of drug-likeness (QED) is 0.192. The first-order chi connectivity index (χ1) is 22.9. The van der Waals surface area contributed by atoms with Gasteiger partial charge < -0.3 is 9.13 Å². The van der Waals surface area contributed by atoms with E-state index in [-0.39, 0.29) is 0 Å². The fourth-order valence-electron chi connectivity index (χ4n) is 8.44. The van der Waals surface area contributed by atoms with Gasteiger partial charge in [-0.25, -0.2) is 0 Å². The lowest BCUT2D eigenvalue weighted by Gasteiger charge is -2.14. The smallest absolute Gasteiger partial charge is 0.0641 e. The van der Waals surface area contributed by atoms with Gasteiger partial charge in [0.15, 0.2) is 0 Å². The van der Waals surface area contributed by atoms with Crippen molar-refractivity contribution in [1.82, 2.24) is 9.13 Å². The van der Waals surface area contributed by atoms with E-state index < -0.39 is 0 Å². The molecule has 0 unspecified atom stereocenters. The number of nitrogens with zero attached hydrogens (tertiary/aromatic N) is 2. The molecule has 0 radical (unpaired) electrons. The van der Waals surface area contributed by atoms with Crippen molar-refractivity contribution < 1.29 is 0 Å². The maximum atomic E-state index is 2.51. The molecular formula is C44H26N2. The molecule has 11 rings (SSSR count). The maximum absolute atomic E-state index is 2.51. The molecule has 46 heavy (non-hydrogen) atoms. The largest absolute Gasteiger partial charge is 0.309 e. The van der Waals surface area contributed by atoms with E-state index in [0.29, 0.717) is 0 Å². The molecule has 0 fully saturated rings. The lowest BCUT2D eigenvalue weighted by atomic mass is 10.0. The summed E-state index contributed by atoms with van der Waals surface area (Å²) in [6.45, 7) is 0. The predicted octanol–water partition coefficient (Wildman–Crippen LogP) is 11.8. The topological polar surface area (TPSA) is 9.86 Å². The van der Waals surface area contributed by atoms with Crippen LogP contribution in [0.4, 0.5) is 0 Å². The van der Waals surface area contributed by atoms with Crippen LogP contribution in [0.5, 0.6) is 0 Å². The first kappa shape index (κ1) is 24.2. The number of hydrogen-bond acceptors (Lipinski definition) is 0. The summed E-state index contributed by atoms with van der Waals surface area (Å²) in [7, 11) is 0. The zero-order chi connectivity index (χ0) is 29.9. The molecule has 0 aliphatic heterocycles. The first-order valence-corrected chi connectivity index (χ1v) is 16.0. The number of benzene rings is 8. The van der Waals surface area contributed by atoms with Gasteiger partial charge in [0.2, 0.25) is 0 Å². The number of para-hydroxylation sites is 2. The lowest BCUT2D eigenvalue weighted by molar-refractivity contribution is 1.18. The maximum Gasteiger partial charge on any atom is 0.0641 e. The Balaban J connectivity index is 1.35. The molecular weight excluding hydrogens is 556 g/mol. The summed E-state index contributed by atoms with van der Waals surface area (Å²) in [5, 5.41) is 10.3. The van der Waals surface area contributed by atoms with Gasteiger partial charge in [-0.05, 0) is 74.6 Å². The fraction of sp³-hybridized carbons (Fsp3) is 0. The van der Waals surface area contributed by atoms with Crippen molar-refractivity contribution in [2.45, 2.75) is 0 Å². The van der Waals surface area contributed by atoms with Crippen molar-refractivity contribution in [3.05, 3.63) is 158 Å². The molecule has 0 bridgehead atoms. The number of hydrogen-bond donors (Lipinski definition) is 0. The van der Waals surface area contributed by atoms with Crippen LogP contribution in [0.25, 0.3) is 98.8 Å². The zero-order valence-corrected chi connectivity index (χ0v) is 24.9. The van der Waals surface area contributed by atoms with Crippen LogP contribution in [0.1, 0.15) is 0 Å². The molecule has 8 aromatic carbocycles. The molecule has 0 saturated heterocycles. The summed E-state index contributed by atoms with van der Waals surface area (Å²) in [4.78, 5) is 0. The number of aromatic nitrogens is 2. The van der Waals surface area contributed by atoms with E-state index in [1.54, 1.807) is 0 Å². The van der Waals surface area contributed by atoms with Crippen LogP contribution in [0.3, 0.4) is 0 Å². The van der Waals surface area contributed by atoms with Crippen LogP contribution >= 0.6 is 0 Å². The molecule has 0 amide bonds. The van der Waals surface area contributed by atoms with Crippen molar-refractivity contribution >= 4 is 65.2 Å². The van der Waals surface area contributed by atoms with E-state index in [4.69, 9.17) is 0 Å². The molecule has 1 aliphatic rings. The average molecular weight is 583 g/mol. The molecule has 2 heteroatoms. The number of fused-ring (bicyclic) bond motifs is 12. The van der Waals surface area contributed by atoms with Crippen LogP contribution < -0.4 is 0 Å². The van der Waals surface area contributed by atoms with Crippen molar-refractivity contribution in [3.8, 4) is 33.6 Å². The van der Waals surface area contributed by atoms with Crippen LogP contribution in [-0.4, -0.2) is 9.13 Å². The minimum Gasteiger partial charge on any atom is -0.309 e. The fourth-order valence-corrected chi connectivity index (χ4v) is 8.44. The molecule has 0 atom stereocenters. The Bertz CT molecular complexity index is 2900. The number of rotatable bonds is 2. The summed E-state index contributed by atoms with van der Waals surface area (Å²) >= 11 is 0. The molecule has 10 aromatic rings. The molecule has 0 spiro atoms. The van der Waals surface area contributed by atoms with E-state index in [1.807, 2.05) is 0 Å². The molecule has 0 saturated carbocycles. The molecule has 0 N–H and O–H groups in total. The molecule has 2 aromatic heterocycles. The summed E-state index contributed by atoms with van der Waals surface area (Å²) in [5.41, 5.74) is 12.6. The van der Waals surface area contributed by atoms with Crippen molar-refractivity contribution in [2.75, 3.05) is 0 Å². The third-order valence-electron chi connectivity index (χ3n) is 10.2. The van der Waals surface area contributed by atoms with E-state index >= 15 is 0 Å². The molecule has 1 aliphatic carbocycles. The zero-order valence-electron chi connectivity index (χ0n) is 24.9. The van der Waals surface area contributed by atoms with E-state index in [0.717, 1.165) is 0 Å². The highest BCUT2D eigenvalue weighted by Crippen LogP contribution is 2.51. The van der Waals surface area contributed by atoms with Gasteiger partial charge in [0.05, 0.1) is 27.8 Å². The third-order valence-corrected chi connectivity index (χ3v) is 10.2. The van der Waals surface area contributed by atoms with Crippen LogP contribution in [0.2, 0.25) is 0 Å². The van der Waals surface area contributed by atoms with Gasteiger partial charge in [-0.3, -0.25) is 0 Å². The normalized spacial score (nSPS) is 12.3. The molecule has 2 heterocycles. The SMILES string of the molecule is c1ccc(-n2c3ccc4ccccc4c3c3ccc4c(c5ccccc5n4-c4cccc5c4-c4cccc6cccc-5c46)c32)cc1. The summed E-state index contributed by atoms with van der Waals surface area (Å²) < 4.78 is 5.00. The Morgan fingerprint density at radius 3 is 1.89 bits per heavy atom. The van der Waals surface area contributed by atoms with Gasteiger partial charge in [-0.1, -0.05) is 121 Å². The standard InChI is InChI=1S/C44H26N2/c1-2-14-29(15-3-1)45-38-25-23-27-11-4-5-16-30(27)41(38)35-24-26-39-43(44(35)45)33-17-6-7-21-36(33)46(39)37-22-10-19-32-31-18-8-12-28-13-9-20-34(40(28)31)42(32)37/h1-26H. The second kappa shape index (κ2) is 8.74. The lowest BCUT2D eigenvalue weighted by Crippen LogP contribution is -1.97. The highest BCUT2D eigenvalue weighted by Gasteiger charge is 2.27. The van der Waals surface area contributed by atoms with Gasteiger partial charge >= 0.3 is 0 Å². The minimum absolute atomic E-state index is 1.17. The Kier molecular flexibility index (Phi) is 4.61. The Labute approximate surface area is 265 Å². The van der Waals surface area contributed by atoms with Crippen LogP contribution in [0, 0.1) is 0 Å². The highest BCUT2D eigenvalue weighted by molar-refractivity contribution is 6.30. The van der Waals surface area contributed by atoms with Crippen molar-refractivity contribution in [2.24, 2.45) is 0 Å². The minimum atomic E-state index is 1.17. The van der Waals surface area contributed by atoms with Gasteiger partial charge in [0.25, 0.3) is 0 Å². The van der Waals surface area contributed by atoms with Crippen LogP contribution in [-0.2, 0) is 0 Å². The second-order valence-corrected chi connectivity index (χ2v) is 12.5. The van der Waals surface area contributed by atoms with E-state index in [2.05, 4.69) is 167 Å². The van der Waals surface area contributed by atoms with E-state index in [9.17, 15) is 0 Å². The highest BCUT2D eigenvalue weighted by atomic mass is 15.0. The summed E-state index contributed by atoms with van der Waals surface area (Å²) in [6.07, 6.45) is 0. The van der Waals surface area contributed by atoms with Gasteiger partial charge in [-0.2, -0.15) is 0 Å². The molecule has 212 valence electrons.